The summed E-state index contributed by atoms with van der Waals surface area (Å²) in [5.74, 6) is 0. The second kappa shape index (κ2) is 5.69. The first-order chi connectivity index (χ1) is 3.71. The molecule has 0 aromatic carbocycles. The molecule has 0 radical (unpaired) electrons. The van der Waals surface area contributed by atoms with Crippen molar-refractivity contribution in [1.82, 2.24) is 0 Å². The fraction of sp³-hybridized carbons (Fsp3) is 0. The third-order valence-corrected chi connectivity index (χ3v) is 1.55. The second-order valence-electron chi connectivity index (χ2n) is 0.924. The van der Waals surface area contributed by atoms with Crippen LogP contribution < -0.4 is 0 Å². The molecule has 0 aliphatic rings. The van der Waals surface area contributed by atoms with Gasteiger partial charge in [0.25, 0.3) is 0 Å². The molecule has 0 rings (SSSR count). The Morgan fingerprint density at radius 1 is 0.909 bits per heavy atom. The normalized spacial score (nSPS) is 11.1. The third-order valence-electron chi connectivity index (χ3n) is 0.172. The van der Waals surface area contributed by atoms with E-state index in [9.17, 15) is 16.8 Å². The van der Waals surface area contributed by atoms with E-state index in [2.05, 4.69) is 3.63 Å². The molecule has 0 aliphatic carbocycles. The molecular weight excluding hydrogens is 231 g/mol. The van der Waals surface area contributed by atoms with Gasteiger partial charge in [0.2, 0.25) is 0 Å². The molecule has 62 valence electrons. The van der Waals surface area contributed by atoms with Gasteiger partial charge in [-0.3, -0.25) is 9.11 Å². The van der Waals surface area contributed by atoms with Gasteiger partial charge in [0, 0.05) is 21.7 Å². The summed E-state index contributed by atoms with van der Waals surface area (Å²) >= 11 is 0. The predicted molar refractivity (Wildman–Crippen MR) is 31.3 cm³/mol. The van der Waals surface area contributed by atoms with Crippen LogP contribution in [0.3, 0.4) is 0 Å². The Balaban J connectivity index is -0.000000320. The van der Waals surface area contributed by atoms with Crippen molar-refractivity contribution in [3.05, 3.63) is 0 Å². The molecule has 0 unspecified atom stereocenters. The zero-order valence-corrected chi connectivity index (χ0v) is 7.45. The van der Waals surface area contributed by atoms with Gasteiger partial charge >= 0.3 is 39.7 Å². The maximum absolute atomic E-state index is 9.44. The van der Waals surface area contributed by atoms with Crippen molar-refractivity contribution >= 4 is 39.7 Å². The Kier molecular flexibility index (Phi) is 9.31. The molecule has 0 atom stereocenters. The molecule has 0 amide bonds. The van der Waals surface area contributed by atoms with Crippen LogP contribution in [0.25, 0.3) is 0 Å². The minimum atomic E-state index is -5.12. The molecule has 2 N–H and O–H groups in total. The predicted octanol–water partition coefficient (Wildman–Crippen LogP) is -2.04. The Bertz CT molecular complexity index is 242. The number of hydrogen-bond acceptors (Lipinski definition) is 5. The van der Waals surface area contributed by atoms with Crippen LogP contribution in [0.1, 0.15) is 0 Å². The molecule has 0 saturated heterocycles. The van der Waals surface area contributed by atoms with Gasteiger partial charge in [-0.1, -0.05) is 0 Å². The molecule has 0 aliphatic heterocycles. The maximum atomic E-state index is 9.44. The molecule has 0 bridgehead atoms. The summed E-state index contributed by atoms with van der Waals surface area (Å²) in [6, 6.07) is 0. The summed E-state index contributed by atoms with van der Waals surface area (Å²) in [6.07, 6.45) is 0. The third kappa shape index (κ3) is 18.2. The minimum Gasteiger partial charge on any atom is 0 e. The van der Waals surface area contributed by atoms with Gasteiger partial charge in [0.05, 0.1) is 0 Å². The van der Waals surface area contributed by atoms with Crippen LogP contribution >= 0.6 is 0 Å². The average Bonchev–Trinajstić information content (AvgIpc) is 1.14. The Labute approximate surface area is 90.5 Å². The maximum Gasteiger partial charge on any atom is 0 e. The quantitative estimate of drug-likeness (QED) is 0.417. The van der Waals surface area contributed by atoms with E-state index in [1.165, 1.54) is 0 Å². The summed E-state index contributed by atoms with van der Waals surface area (Å²) in [7, 11) is -10.2. The molecule has 11 heavy (non-hydrogen) atoms. The van der Waals surface area contributed by atoms with Crippen molar-refractivity contribution in [3.63, 3.8) is 0 Å². The zero-order chi connectivity index (χ0) is 7.71. The molecule has 7 nitrogen and oxygen atoms in total. The first-order valence-corrected chi connectivity index (χ1v) is 4.10. The van der Waals surface area contributed by atoms with Crippen LogP contribution in [0.5, 0.6) is 0 Å². The van der Waals surface area contributed by atoms with Crippen molar-refractivity contribution in [2.45, 2.75) is 0 Å². The average molecular weight is 234 g/mol. The van der Waals surface area contributed by atoms with Crippen molar-refractivity contribution in [3.8, 4) is 0 Å². The molecule has 0 fully saturated rings. The van der Waals surface area contributed by atoms with Crippen LogP contribution in [0.4, 0.5) is 0 Å². The van der Waals surface area contributed by atoms with Gasteiger partial charge in [-0.05, 0) is 0 Å². The summed E-state index contributed by atoms with van der Waals surface area (Å²) < 4.78 is 55.6. The fourth-order valence-electron chi connectivity index (χ4n) is 0.109. The topological polar surface area (TPSA) is 118 Å². The molecule has 0 heterocycles. The Morgan fingerprint density at radius 2 is 1.09 bits per heavy atom. The van der Waals surface area contributed by atoms with Gasteiger partial charge in [-0.2, -0.15) is 16.8 Å². The number of rotatable bonds is 2. The Hall–Kier alpha value is 1.09. The van der Waals surface area contributed by atoms with E-state index in [0.29, 0.717) is 0 Å². The van der Waals surface area contributed by atoms with Crippen molar-refractivity contribution in [2.75, 3.05) is 0 Å². The fourth-order valence-corrected chi connectivity index (χ4v) is 0.978. The molecule has 0 saturated carbocycles. The monoisotopic (exact) mass is 234 g/mol. The molecule has 11 heteroatoms. The molecule has 0 aromatic rings. The Morgan fingerprint density at radius 3 is 1.09 bits per heavy atom. The molecular formula is H3LiO7S2Ti. The molecule has 0 aromatic heterocycles. The van der Waals surface area contributed by atoms with Gasteiger partial charge in [0.15, 0.2) is 0 Å². The van der Waals surface area contributed by atoms with Crippen LogP contribution in [0.15, 0.2) is 0 Å². The van der Waals surface area contributed by atoms with Crippen molar-refractivity contribution < 1.29 is 51.3 Å². The van der Waals surface area contributed by atoms with E-state index in [0.717, 1.165) is 0 Å². The van der Waals surface area contributed by atoms with Gasteiger partial charge < -0.3 is 0 Å². The van der Waals surface area contributed by atoms with Gasteiger partial charge in [0.1, 0.15) is 0 Å². The first kappa shape index (κ1) is 18.0. The largest absolute Gasteiger partial charge is 0 e. The minimum absolute atomic E-state index is 0. The van der Waals surface area contributed by atoms with E-state index >= 15 is 0 Å². The summed E-state index contributed by atoms with van der Waals surface area (Å²) in [5.41, 5.74) is 0. The smallest absolute Gasteiger partial charge is 0 e. The number of hydrogen-bond donors (Lipinski definition) is 2. The van der Waals surface area contributed by atoms with Crippen molar-refractivity contribution in [1.29, 1.82) is 0 Å². The van der Waals surface area contributed by atoms with E-state index in [-0.39, 0.29) is 40.6 Å². The zero-order valence-electron chi connectivity index (χ0n) is 4.25. The molecule has 0 spiro atoms. The summed E-state index contributed by atoms with van der Waals surface area (Å²) in [5, 5.41) is 0. The van der Waals surface area contributed by atoms with E-state index in [1.54, 1.807) is 0 Å². The second-order valence-corrected chi connectivity index (χ2v) is 3.18. The summed E-state index contributed by atoms with van der Waals surface area (Å²) in [4.78, 5) is 0. The van der Waals surface area contributed by atoms with Crippen molar-refractivity contribution in [2.24, 2.45) is 0 Å². The van der Waals surface area contributed by atoms with E-state index < -0.39 is 20.8 Å². The van der Waals surface area contributed by atoms with Crippen LogP contribution in [0, 0.1) is 0 Å². The van der Waals surface area contributed by atoms with E-state index in [4.69, 9.17) is 9.11 Å². The summed E-state index contributed by atoms with van der Waals surface area (Å²) in [6.45, 7) is 0. The standard InChI is InChI=1S/Li.H2O7S2.Ti.H/c;1-8(2,3)7-9(4,5)6;;/h;(H,1,2,3)(H,4,5,6);;. The van der Waals surface area contributed by atoms with E-state index in [1.807, 2.05) is 0 Å². The van der Waals surface area contributed by atoms with Crippen LogP contribution in [-0.4, -0.2) is 44.8 Å². The van der Waals surface area contributed by atoms with Gasteiger partial charge in [-0.15, -0.1) is 3.63 Å². The first-order valence-electron chi connectivity index (χ1n) is 1.37. The van der Waals surface area contributed by atoms with Crippen LogP contribution in [-0.2, 0) is 46.1 Å². The van der Waals surface area contributed by atoms with Gasteiger partial charge in [-0.25, -0.2) is 0 Å². The SMILES string of the molecule is O=S(=O)(O)OS(=O)(=O)O.[LiH].[Ti]. The van der Waals surface area contributed by atoms with Crippen LogP contribution in [0.2, 0.25) is 0 Å².